The first-order chi connectivity index (χ1) is 20.1. The Morgan fingerprint density at radius 2 is 1.24 bits per heavy atom. The van der Waals surface area contributed by atoms with Crippen LogP contribution in [0.25, 0.3) is 11.1 Å². The van der Waals surface area contributed by atoms with E-state index in [2.05, 4.69) is 101 Å². The van der Waals surface area contributed by atoms with Crippen molar-refractivity contribution in [2.24, 2.45) is 0 Å². The first kappa shape index (κ1) is 36.9. The third-order valence-electron chi connectivity index (χ3n) is 7.39. The molecule has 3 heteroatoms. The Labute approximate surface area is 259 Å². The van der Waals surface area contributed by atoms with Gasteiger partial charge in [0, 0.05) is 0 Å². The quantitative estimate of drug-likeness (QED) is 0.0384. The molecule has 0 unspecified atom stereocenters. The molecule has 0 aromatic heterocycles. The summed E-state index contributed by atoms with van der Waals surface area (Å²) in [6, 6.07) is 18.1. The first-order valence-corrected chi connectivity index (χ1v) is 17.8. The van der Waals surface area contributed by atoms with Crippen molar-refractivity contribution in [1.29, 1.82) is 0 Å². The molecular weight excluding hydrogens is 543 g/mol. The molecule has 0 saturated carbocycles. The van der Waals surface area contributed by atoms with Gasteiger partial charge in [-0.1, -0.05) is 121 Å². The van der Waals surface area contributed by atoms with Gasteiger partial charge in [-0.3, -0.25) is 0 Å². The summed E-state index contributed by atoms with van der Waals surface area (Å²) >= 11 is 1.82. The summed E-state index contributed by atoms with van der Waals surface area (Å²) in [5.41, 5.74) is 18.4. The molecule has 0 saturated heterocycles. The molecule has 0 amide bonds. The molecule has 2 aromatic carbocycles. The molecule has 2 nitrogen and oxygen atoms in total. The fourth-order valence-corrected chi connectivity index (χ4v) is 5.57. The third kappa shape index (κ3) is 15.0. The minimum absolute atomic E-state index is 0.883. The number of benzene rings is 2. The maximum absolute atomic E-state index is 9.50. The SMILES string of the molecule is CCCCCCCCc1cccc(C(=C(CCCC)C(=C=[N+]=[N-])CCCC)c2cccc(CC)c2)c1.C[CH2][Ni][CH2]C. The fourth-order valence-electron chi connectivity index (χ4n) is 5.08. The first-order valence-electron chi connectivity index (χ1n) is 16.4. The summed E-state index contributed by atoms with van der Waals surface area (Å²) in [5.74, 6) is 2.99. The molecule has 0 heterocycles. The van der Waals surface area contributed by atoms with E-state index in [1.165, 1.54) is 82.7 Å². The van der Waals surface area contributed by atoms with Gasteiger partial charge < -0.3 is 5.53 Å². The Morgan fingerprint density at radius 3 is 1.80 bits per heavy atom. The van der Waals surface area contributed by atoms with E-state index in [1.807, 2.05) is 14.4 Å². The summed E-state index contributed by atoms with van der Waals surface area (Å²) in [6.07, 6.45) is 16.3. The molecule has 0 spiro atoms. The van der Waals surface area contributed by atoms with E-state index in [9.17, 15) is 5.53 Å². The second-order valence-electron chi connectivity index (χ2n) is 10.6. The molecule has 0 aliphatic heterocycles. The topological polar surface area (TPSA) is 36.4 Å². The van der Waals surface area contributed by atoms with Gasteiger partial charge in [-0.25, -0.2) is 0 Å². The van der Waals surface area contributed by atoms with Crippen LogP contribution in [0, 0.1) is 0 Å². The third-order valence-corrected chi connectivity index (χ3v) is 8.37. The zero-order valence-corrected chi connectivity index (χ0v) is 28.1. The predicted molar refractivity (Wildman–Crippen MR) is 178 cm³/mol. The molecule has 2 aromatic rings. The standard InChI is InChI=1S/C34H48N2.2C2H5.Ni/c1-5-9-12-13-14-15-18-29-20-17-23-31(26-29)34(30-22-16-19-28(8-4)25-30)33(24-11-7-3)32(27-36-35)21-10-6-2;2*1-2;/h16-17,19-20,22-23,25-26H,5-15,18,21,24H2,1-4H3;2*1H2,2H3;. The van der Waals surface area contributed by atoms with Gasteiger partial charge in [0.2, 0.25) is 0 Å². The van der Waals surface area contributed by atoms with Crippen LogP contribution in [0.15, 0.2) is 59.7 Å². The molecule has 0 atom stereocenters. The summed E-state index contributed by atoms with van der Waals surface area (Å²) in [4.78, 5) is 3.39. The molecule has 0 bridgehead atoms. The summed E-state index contributed by atoms with van der Waals surface area (Å²) in [7, 11) is 0. The van der Waals surface area contributed by atoms with E-state index in [0.29, 0.717) is 0 Å². The number of hydrogen-bond acceptors (Lipinski definition) is 0. The van der Waals surface area contributed by atoms with Crippen molar-refractivity contribution < 1.29 is 19.2 Å². The molecular formula is C38H58N2Ni. The second kappa shape index (κ2) is 24.4. The molecule has 0 aliphatic rings. The van der Waals surface area contributed by atoms with Crippen molar-refractivity contribution in [3.8, 4) is 0 Å². The summed E-state index contributed by atoms with van der Waals surface area (Å²) in [5, 5.41) is 2.56. The van der Waals surface area contributed by atoms with Crippen LogP contribution >= 0.6 is 0 Å². The van der Waals surface area contributed by atoms with Crippen molar-refractivity contribution in [2.45, 2.75) is 142 Å². The van der Waals surface area contributed by atoms with Crippen LogP contribution < -0.4 is 0 Å². The molecule has 0 fully saturated rings. The minimum atomic E-state index is 0.883. The van der Waals surface area contributed by atoms with Gasteiger partial charge >= 0.3 is 44.9 Å². The van der Waals surface area contributed by atoms with Crippen molar-refractivity contribution in [1.82, 2.24) is 0 Å². The van der Waals surface area contributed by atoms with Gasteiger partial charge in [0.25, 0.3) is 0 Å². The number of aryl methyl sites for hydroxylation is 2. The van der Waals surface area contributed by atoms with E-state index in [1.54, 1.807) is 0 Å². The van der Waals surface area contributed by atoms with E-state index in [4.69, 9.17) is 0 Å². The number of allylic oxidation sites excluding steroid dienone is 2. The van der Waals surface area contributed by atoms with Gasteiger partial charge in [0.1, 0.15) is 0 Å². The van der Waals surface area contributed by atoms with Gasteiger partial charge in [0.15, 0.2) is 0 Å². The van der Waals surface area contributed by atoms with Crippen LogP contribution in [0.3, 0.4) is 0 Å². The molecule has 0 aliphatic carbocycles. The van der Waals surface area contributed by atoms with Gasteiger partial charge in [-0.2, -0.15) is 0 Å². The van der Waals surface area contributed by atoms with Crippen LogP contribution in [0.4, 0.5) is 0 Å². The summed E-state index contributed by atoms with van der Waals surface area (Å²) in [6.45, 7) is 13.3. The Kier molecular flexibility index (Phi) is 22.0. The number of rotatable bonds is 19. The average molecular weight is 602 g/mol. The van der Waals surface area contributed by atoms with Crippen molar-refractivity contribution >= 4 is 11.4 Å². The van der Waals surface area contributed by atoms with Gasteiger partial charge in [0.05, 0.1) is 5.57 Å². The van der Waals surface area contributed by atoms with E-state index < -0.39 is 0 Å². The van der Waals surface area contributed by atoms with Gasteiger partial charge in [-0.15, -0.1) is 4.79 Å². The Bertz CT molecular complexity index is 1080. The summed E-state index contributed by atoms with van der Waals surface area (Å²) < 4.78 is 0. The van der Waals surface area contributed by atoms with Crippen molar-refractivity contribution in [2.75, 3.05) is 0 Å². The van der Waals surface area contributed by atoms with E-state index in [-0.39, 0.29) is 0 Å². The van der Waals surface area contributed by atoms with E-state index in [0.717, 1.165) is 56.9 Å². The van der Waals surface area contributed by atoms with Crippen LogP contribution in [0.5, 0.6) is 0 Å². The normalized spacial score (nSPS) is 11.3. The van der Waals surface area contributed by atoms with Crippen molar-refractivity contribution in [3.63, 3.8) is 0 Å². The average Bonchev–Trinajstić information content (AvgIpc) is 3.00. The number of unbranched alkanes of at least 4 members (excludes halogenated alkanes) is 7. The van der Waals surface area contributed by atoms with Crippen LogP contribution in [-0.4, -0.2) is 10.7 Å². The monoisotopic (exact) mass is 600 g/mol. The zero-order valence-electron chi connectivity index (χ0n) is 27.1. The molecule has 2 rings (SSSR count). The van der Waals surface area contributed by atoms with Crippen LogP contribution in [0.2, 0.25) is 10.8 Å². The number of nitrogens with zero attached hydrogens (tertiary/aromatic N) is 2. The predicted octanol–water partition coefficient (Wildman–Crippen LogP) is 12.1. The molecule has 0 N–H and O–H groups in total. The Balaban J connectivity index is 0.00000154. The molecule has 41 heavy (non-hydrogen) atoms. The Morgan fingerprint density at radius 1 is 0.683 bits per heavy atom. The van der Waals surface area contributed by atoms with Crippen LogP contribution in [0.1, 0.15) is 141 Å². The second-order valence-corrected chi connectivity index (χ2v) is 12.5. The number of hydrogen-bond donors (Lipinski definition) is 0. The van der Waals surface area contributed by atoms with Crippen molar-refractivity contribution in [3.05, 3.63) is 87.5 Å². The molecule has 230 valence electrons. The van der Waals surface area contributed by atoms with Gasteiger partial charge in [-0.05, 0) is 78.3 Å². The molecule has 0 radical (unpaired) electrons. The van der Waals surface area contributed by atoms with Crippen LogP contribution in [-0.2, 0) is 27.3 Å². The van der Waals surface area contributed by atoms with E-state index >= 15 is 0 Å². The maximum atomic E-state index is 9.50. The zero-order chi connectivity index (χ0) is 30.1. The fraction of sp³-hybridized carbons (Fsp3) is 0.579. The Hall–Kier alpha value is -2.17.